The van der Waals surface area contributed by atoms with Gasteiger partial charge in [-0.2, -0.15) is 0 Å². The fourth-order valence-corrected chi connectivity index (χ4v) is 3.54. The third-order valence-corrected chi connectivity index (χ3v) is 5.28. The molecule has 4 rings (SSSR count). The van der Waals surface area contributed by atoms with Crippen LogP contribution in [-0.4, -0.2) is 36.5 Å². The molecule has 0 saturated carbocycles. The van der Waals surface area contributed by atoms with Gasteiger partial charge in [0.1, 0.15) is 11.4 Å². The lowest BCUT2D eigenvalue weighted by Crippen LogP contribution is -2.35. The van der Waals surface area contributed by atoms with Gasteiger partial charge in [-0.25, -0.2) is 4.98 Å². The number of aryl methyl sites for hydroxylation is 3. The van der Waals surface area contributed by atoms with Gasteiger partial charge in [0.25, 0.3) is 11.5 Å². The highest BCUT2D eigenvalue weighted by Crippen LogP contribution is 2.14. The van der Waals surface area contributed by atoms with E-state index in [9.17, 15) is 9.59 Å². The van der Waals surface area contributed by atoms with E-state index in [0.29, 0.717) is 24.2 Å². The molecule has 0 spiro atoms. The minimum Gasteiger partial charge on any atom is -0.351 e. The predicted molar refractivity (Wildman–Crippen MR) is 118 cm³/mol. The number of amides is 1. The van der Waals surface area contributed by atoms with Gasteiger partial charge in [-0.15, -0.1) is 0 Å². The Balaban J connectivity index is 1.48. The number of carbonyl (C=O) groups excluding carboxylic acids is 1. The Labute approximate surface area is 179 Å². The molecule has 3 aromatic heterocycles. The number of fused-ring (bicyclic) bond motifs is 1. The Kier molecular flexibility index (Phi) is 5.62. The number of hydrogen-bond acceptors (Lipinski definition) is 5. The molecular weight excluding hydrogens is 392 g/mol. The molecule has 0 bridgehead atoms. The number of para-hydroxylation sites is 2. The molecule has 1 aromatic carbocycles. The smallest absolute Gasteiger partial charge is 0.264 e. The van der Waals surface area contributed by atoms with Crippen molar-refractivity contribution >= 4 is 16.9 Å². The van der Waals surface area contributed by atoms with Crippen LogP contribution >= 0.6 is 0 Å². The van der Waals surface area contributed by atoms with Crippen LogP contribution in [0.15, 0.2) is 53.7 Å². The number of nitrogens with zero attached hydrogens (tertiary/aromatic N) is 5. The minimum atomic E-state index is -0.384. The number of hydrogen-bond donors (Lipinski definition) is 1. The molecule has 8 heteroatoms. The first-order chi connectivity index (χ1) is 14.9. The lowest BCUT2D eigenvalue weighted by molar-refractivity contribution is 0.0951. The summed E-state index contributed by atoms with van der Waals surface area (Å²) in [6.07, 6.45) is 5.53. The zero-order valence-electron chi connectivity index (χ0n) is 17.8. The largest absolute Gasteiger partial charge is 0.351 e. The summed E-state index contributed by atoms with van der Waals surface area (Å²) in [6, 6.07) is 9.67. The van der Waals surface area contributed by atoms with E-state index in [-0.39, 0.29) is 23.6 Å². The van der Waals surface area contributed by atoms with Crippen molar-refractivity contribution in [3.8, 4) is 0 Å². The molecule has 0 atom stereocenters. The SMILES string of the molecule is Cc1cnc(Cn2ccc(C)c(C(=O)NCCc3nc4ccccc4n3C)c2=O)cn1. The van der Waals surface area contributed by atoms with E-state index < -0.39 is 0 Å². The summed E-state index contributed by atoms with van der Waals surface area (Å²) >= 11 is 0. The summed E-state index contributed by atoms with van der Waals surface area (Å²) in [6.45, 7) is 4.25. The highest BCUT2D eigenvalue weighted by atomic mass is 16.2. The van der Waals surface area contributed by atoms with Crippen LogP contribution in [0.5, 0.6) is 0 Å². The van der Waals surface area contributed by atoms with Crippen molar-refractivity contribution in [1.29, 1.82) is 0 Å². The van der Waals surface area contributed by atoms with Gasteiger partial charge in [0, 0.05) is 32.4 Å². The second-order valence-corrected chi connectivity index (χ2v) is 7.54. The number of rotatable bonds is 6. The molecule has 0 fully saturated rings. The van der Waals surface area contributed by atoms with Crippen molar-refractivity contribution < 1.29 is 4.79 Å². The second kappa shape index (κ2) is 8.51. The number of carbonyl (C=O) groups is 1. The van der Waals surface area contributed by atoms with E-state index in [1.807, 2.05) is 42.8 Å². The van der Waals surface area contributed by atoms with Gasteiger partial charge >= 0.3 is 0 Å². The fraction of sp³-hybridized carbons (Fsp3) is 0.261. The van der Waals surface area contributed by atoms with Gasteiger partial charge in [-0.3, -0.25) is 19.6 Å². The monoisotopic (exact) mass is 416 g/mol. The quantitative estimate of drug-likeness (QED) is 0.520. The molecule has 0 aliphatic rings. The fourth-order valence-electron chi connectivity index (χ4n) is 3.54. The van der Waals surface area contributed by atoms with Gasteiger partial charge in [0.2, 0.25) is 0 Å². The van der Waals surface area contributed by atoms with Gasteiger partial charge in [-0.1, -0.05) is 12.1 Å². The summed E-state index contributed by atoms with van der Waals surface area (Å²) in [5.74, 6) is 0.493. The van der Waals surface area contributed by atoms with Crippen LogP contribution in [0.3, 0.4) is 0 Å². The topological polar surface area (TPSA) is 94.7 Å². The number of benzene rings is 1. The highest BCUT2D eigenvalue weighted by Gasteiger charge is 2.16. The zero-order valence-corrected chi connectivity index (χ0v) is 17.8. The van der Waals surface area contributed by atoms with Crippen molar-refractivity contribution in [3.63, 3.8) is 0 Å². The van der Waals surface area contributed by atoms with Crippen molar-refractivity contribution in [2.24, 2.45) is 7.05 Å². The number of imidazole rings is 1. The van der Waals surface area contributed by atoms with E-state index in [0.717, 1.165) is 22.6 Å². The summed E-state index contributed by atoms with van der Waals surface area (Å²) in [5, 5.41) is 2.87. The molecule has 1 amide bonds. The van der Waals surface area contributed by atoms with Crippen LogP contribution in [0.1, 0.15) is 33.1 Å². The lowest BCUT2D eigenvalue weighted by atomic mass is 10.1. The minimum absolute atomic E-state index is 0.146. The van der Waals surface area contributed by atoms with Crippen molar-refractivity contribution in [3.05, 3.63) is 87.6 Å². The Hall–Kier alpha value is -3.81. The van der Waals surface area contributed by atoms with E-state index in [2.05, 4.69) is 20.3 Å². The first-order valence-electron chi connectivity index (χ1n) is 10.1. The molecule has 1 N–H and O–H groups in total. The standard InChI is InChI=1S/C23H24N6O2/c1-15-9-11-29(14-17-13-25-16(2)12-26-17)23(31)21(15)22(30)24-10-8-20-27-18-6-4-5-7-19(18)28(20)3/h4-7,9,11-13H,8,10,14H2,1-3H3,(H,24,30). The third-order valence-electron chi connectivity index (χ3n) is 5.28. The average molecular weight is 416 g/mol. The Morgan fingerprint density at radius 1 is 1.10 bits per heavy atom. The van der Waals surface area contributed by atoms with Crippen molar-refractivity contribution in [2.45, 2.75) is 26.8 Å². The molecule has 0 aliphatic carbocycles. The molecule has 158 valence electrons. The molecule has 3 heterocycles. The lowest BCUT2D eigenvalue weighted by Gasteiger charge is -2.11. The van der Waals surface area contributed by atoms with Crippen LogP contribution in [0.2, 0.25) is 0 Å². The molecule has 0 aliphatic heterocycles. The molecular formula is C23H24N6O2. The van der Waals surface area contributed by atoms with E-state index >= 15 is 0 Å². The van der Waals surface area contributed by atoms with Gasteiger partial charge in [0.15, 0.2) is 0 Å². The molecule has 0 unspecified atom stereocenters. The Morgan fingerprint density at radius 3 is 2.65 bits per heavy atom. The van der Waals surface area contributed by atoms with Crippen LogP contribution in [0.25, 0.3) is 11.0 Å². The number of nitrogens with one attached hydrogen (secondary N) is 1. The van der Waals surface area contributed by atoms with Crippen molar-refractivity contribution in [1.82, 2.24) is 29.4 Å². The Bertz CT molecular complexity index is 1300. The molecule has 0 saturated heterocycles. The van der Waals surface area contributed by atoms with Gasteiger partial charge < -0.3 is 14.5 Å². The Morgan fingerprint density at radius 2 is 1.90 bits per heavy atom. The maximum atomic E-state index is 12.9. The maximum Gasteiger partial charge on any atom is 0.264 e. The van der Waals surface area contributed by atoms with Gasteiger partial charge in [0.05, 0.1) is 35.2 Å². The van der Waals surface area contributed by atoms with Crippen LogP contribution in [-0.2, 0) is 20.0 Å². The summed E-state index contributed by atoms with van der Waals surface area (Å²) in [4.78, 5) is 38.9. The summed E-state index contributed by atoms with van der Waals surface area (Å²) in [7, 11) is 1.96. The zero-order chi connectivity index (χ0) is 22.0. The van der Waals surface area contributed by atoms with Gasteiger partial charge in [-0.05, 0) is 37.6 Å². The molecule has 8 nitrogen and oxygen atoms in total. The normalized spacial score (nSPS) is 11.1. The third kappa shape index (κ3) is 4.23. The molecule has 31 heavy (non-hydrogen) atoms. The van der Waals surface area contributed by atoms with E-state index in [4.69, 9.17) is 0 Å². The predicted octanol–water partition coefficient (Wildman–Crippen LogP) is 2.16. The van der Waals surface area contributed by atoms with Crippen LogP contribution in [0.4, 0.5) is 0 Å². The molecule has 4 aromatic rings. The summed E-state index contributed by atoms with van der Waals surface area (Å²) < 4.78 is 3.50. The van der Waals surface area contributed by atoms with Crippen LogP contribution in [0, 0.1) is 13.8 Å². The van der Waals surface area contributed by atoms with E-state index in [1.54, 1.807) is 31.6 Å². The first-order valence-corrected chi connectivity index (χ1v) is 10.1. The number of pyridine rings is 1. The maximum absolute atomic E-state index is 12.9. The van der Waals surface area contributed by atoms with Crippen LogP contribution < -0.4 is 10.9 Å². The first kappa shape index (κ1) is 20.5. The highest BCUT2D eigenvalue weighted by molar-refractivity contribution is 5.95. The average Bonchev–Trinajstić information content (AvgIpc) is 3.07. The second-order valence-electron chi connectivity index (χ2n) is 7.54. The summed E-state index contributed by atoms with van der Waals surface area (Å²) in [5.41, 5.74) is 3.87. The molecule has 0 radical (unpaired) electrons. The number of aromatic nitrogens is 5. The van der Waals surface area contributed by atoms with E-state index in [1.165, 1.54) is 4.57 Å². The van der Waals surface area contributed by atoms with Crippen molar-refractivity contribution in [2.75, 3.05) is 6.54 Å².